The predicted octanol–water partition coefficient (Wildman–Crippen LogP) is 7.28. The molecule has 1 unspecified atom stereocenters. The van der Waals surface area contributed by atoms with Gasteiger partial charge >= 0.3 is 5.97 Å². The highest BCUT2D eigenvalue weighted by Crippen LogP contribution is 2.38. The number of carboxylic acid groups (broad SMARTS) is 1. The Labute approximate surface area is 257 Å². The monoisotopic (exact) mass is 614 g/mol. The molecule has 0 spiro atoms. The molecule has 0 aliphatic rings. The van der Waals surface area contributed by atoms with Gasteiger partial charge < -0.3 is 14.6 Å². The van der Waals surface area contributed by atoms with E-state index in [9.17, 15) is 23.9 Å². The van der Waals surface area contributed by atoms with Crippen molar-refractivity contribution < 1.29 is 23.5 Å². The van der Waals surface area contributed by atoms with Crippen LogP contribution in [0, 0.1) is 38.3 Å². The van der Waals surface area contributed by atoms with Gasteiger partial charge in [0, 0.05) is 31.1 Å². The van der Waals surface area contributed by atoms with Crippen LogP contribution in [-0.4, -0.2) is 47.0 Å². The standard InChI is InChI=1S/C34H41ClF2N2O4/c1-19(2)10-29(39-18-23(8-9-38(6)7)20(3)13-31(39)41)30(40)16-24(17-32(42)43)27-14-25(15-28(35)34(27)37)33-21(4)11-26(36)12-22(33)5/h11-15,18-19,24,29H,8-10,16-17H2,1-7H3,(H,42,43)/t24-,29?/m0/s1. The Hall–Kier alpha value is -3.36. The number of halogens is 3. The second-order valence-corrected chi connectivity index (χ2v) is 12.6. The summed E-state index contributed by atoms with van der Waals surface area (Å²) in [6.07, 6.45) is 1.94. The molecular formula is C34H41ClF2N2O4. The predicted molar refractivity (Wildman–Crippen MR) is 167 cm³/mol. The lowest BCUT2D eigenvalue weighted by molar-refractivity contribution is -0.137. The van der Waals surface area contributed by atoms with E-state index in [1.807, 2.05) is 39.8 Å². The van der Waals surface area contributed by atoms with E-state index in [0.717, 1.165) is 17.7 Å². The third-order valence-corrected chi connectivity index (χ3v) is 8.05. The van der Waals surface area contributed by atoms with Crippen LogP contribution in [0.1, 0.15) is 72.9 Å². The van der Waals surface area contributed by atoms with Crippen LogP contribution < -0.4 is 5.56 Å². The SMILES string of the molecule is Cc1cc(=O)n(C(CC(C)C)C(=O)C[C@@H](CC(=O)O)c2cc(-c3c(C)cc(F)cc3C)cc(Cl)c2F)cc1CCN(C)C. The molecule has 1 N–H and O–H groups in total. The molecule has 2 aromatic carbocycles. The van der Waals surface area contributed by atoms with E-state index in [4.69, 9.17) is 11.6 Å². The van der Waals surface area contributed by atoms with Crippen LogP contribution in [0.15, 0.2) is 41.3 Å². The van der Waals surface area contributed by atoms with Crippen LogP contribution >= 0.6 is 11.6 Å². The van der Waals surface area contributed by atoms with Gasteiger partial charge in [-0.1, -0.05) is 25.4 Å². The summed E-state index contributed by atoms with van der Waals surface area (Å²) >= 11 is 6.32. The Morgan fingerprint density at radius 3 is 2.16 bits per heavy atom. The number of aliphatic carboxylic acids is 1. The molecule has 2 atom stereocenters. The number of carboxylic acids is 1. The average Bonchev–Trinajstić information content (AvgIpc) is 2.87. The summed E-state index contributed by atoms with van der Waals surface area (Å²) in [6.45, 7) is 9.95. The highest BCUT2D eigenvalue weighted by Gasteiger charge is 2.30. The number of likely N-dealkylation sites (N-methyl/N-ethyl adjacent to an activating group) is 1. The maximum absolute atomic E-state index is 15.6. The van der Waals surface area contributed by atoms with Gasteiger partial charge in [0.2, 0.25) is 0 Å². The van der Waals surface area contributed by atoms with E-state index < -0.39 is 36.0 Å². The first-order chi connectivity index (χ1) is 20.1. The van der Waals surface area contributed by atoms with Crippen molar-refractivity contribution in [1.82, 2.24) is 9.47 Å². The van der Waals surface area contributed by atoms with Crippen molar-refractivity contribution in [3.63, 3.8) is 0 Å². The van der Waals surface area contributed by atoms with E-state index in [-0.39, 0.29) is 34.3 Å². The second-order valence-electron chi connectivity index (χ2n) is 12.2. The molecule has 1 heterocycles. The highest BCUT2D eigenvalue weighted by atomic mass is 35.5. The summed E-state index contributed by atoms with van der Waals surface area (Å²) in [5, 5.41) is 9.55. The lowest BCUT2D eigenvalue weighted by Gasteiger charge is -2.25. The molecule has 0 radical (unpaired) electrons. The Morgan fingerprint density at radius 2 is 1.60 bits per heavy atom. The number of hydrogen-bond acceptors (Lipinski definition) is 4. The third kappa shape index (κ3) is 8.61. The normalized spacial score (nSPS) is 13.0. The number of rotatable bonds is 13. The molecule has 43 heavy (non-hydrogen) atoms. The number of pyridine rings is 1. The van der Waals surface area contributed by atoms with E-state index in [1.54, 1.807) is 20.0 Å². The highest BCUT2D eigenvalue weighted by molar-refractivity contribution is 6.31. The number of nitrogens with zero attached hydrogens (tertiary/aromatic N) is 2. The summed E-state index contributed by atoms with van der Waals surface area (Å²) in [4.78, 5) is 41.2. The number of hydrogen-bond donors (Lipinski definition) is 1. The zero-order valence-corrected chi connectivity index (χ0v) is 26.7. The second kappa shape index (κ2) is 14.4. The average molecular weight is 615 g/mol. The van der Waals surface area contributed by atoms with Gasteiger partial charge in [-0.2, -0.15) is 0 Å². The van der Waals surface area contributed by atoms with Crippen molar-refractivity contribution in [3.05, 3.63) is 91.4 Å². The summed E-state index contributed by atoms with van der Waals surface area (Å²) in [5.41, 5.74) is 3.81. The van der Waals surface area contributed by atoms with Crippen LogP contribution in [0.25, 0.3) is 11.1 Å². The van der Waals surface area contributed by atoms with Crippen LogP contribution in [0.2, 0.25) is 5.02 Å². The van der Waals surface area contributed by atoms with Gasteiger partial charge in [0.25, 0.3) is 5.56 Å². The number of benzene rings is 2. The largest absolute Gasteiger partial charge is 0.481 e. The third-order valence-electron chi connectivity index (χ3n) is 7.78. The summed E-state index contributed by atoms with van der Waals surface area (Å²) in [5.74, 6) is -3.78. The molecule has 0 fully saturated rings. The van der Waals surface area contributed by atoms with E-state index in [1.165, 1.54) is 34.9 Å². The molecule has 9 heteroatoms. The molecule has 3 aromatic rings. The van der Waals surface area contributed by atoms with Gasteiger partial charge in [-0.15, -0.1) is 0 Å². The van der Waals surface area contributed by atoms with Gasteiger partial charge in [-0.3, -0.25) is 14.4 Å². The van der Waals surface area contributed by atoms with Gasteiger partial charge in [-0.25, -0.2) is 8.78 Å². The molecule has 232 valence electrons. The van der Waals surface area contributed by atoms with Crippen molar-refractivity contribution in [1.29, 1.82) is 0 Å². The van der Waals surface area contributed by atoms with E-state index >= 15 is 4.39 Å². The summed E-state index contributed by atoms with van der Waals surface area (Å²) in [6, 6.07) is 6.32. The van der Waals surface area contributed by atoms with Crippen LogP contribution in [0.4, 0.5) is 8.78 Å². The lowest BCUT2D eigenvalue weighted by Crippen LogP contribution is -2.32. The van der Waals surface area contributed by atoms with E-state index in [2.05, 4.69) is 0 Å². The molecule has 0 amide bonds. The Morgan fingerprint density at radius 1 is 0.977 bits per heavy atom. The smallest absolute Gasteiger partial charge is 0.303 e. The molecular weight excluding hydrogens is 574 g/mol. The van der Waals surface area contributed by atoms with Crippen LogP contribution in [-0.2, 0) is 16.0 Å². The van der Waals surface area contributed by atoms with Gasteiger partial charge in [0.15, 0.2) is 5.78 Å². The maximum Gasteiger partial charge on any atom is 0.303 e. The number of carbonyl (C=O) groups excluding carboxylic acids is 1. The fourth-order valence-electron chi connectivity index (χ4n) is 5.68. The summed E-state index contributed by atoms with van der Waals surface area (Å²) in [7, 11) is 3.91. The minimum absolute atomic E-state index is 0.00685. The van der Waals surface area contributed by atoms with Crippen LogP contribution in [0.5, 0.6) is 0 Å². The first kappa shape index (κ1) is 34.1. The minimum atomic E-state index is -1.20. The minimum Gasteiger partial charge on any atom is -0.481 e. The van der Waals surface area contributed by atoms with Gasteiger partial charge in [-0.05, 0) is 117 Å². The number of aromatic nitrogens is 1. The Bertz CT molecular complexity index is 1540. The van der Waals surface area contributed by atoms with Crippen molar-refractivity contribution in [2.75, 3.05) is 20.6 Å². The Balaban J connectivity index is 2.10. The van der Waals surface area contributed by atoms with Crippen molar-refractivity contribution in [2.45, 2.75) is 72.3 Å². The Kier molecular flexibility index (Phi) is 11.4. The molecule has 0 aliphatic heterocycles. The van der Waals surface area contributed by atoms with Crippen molar-refractivity contribution >= 4 is 23.4 Å². The quantitative estimate of drug-likeness (QED) is 0.219. The number of Topliss-reactive ketones (excluding diaryl/α,β-unsaturated/α-hetero) is 1. The van der Waals surface area contributed by atoms with Gasteiger partial charge in [0.1, 0.15) is 11.6 Å². The number of carbonyl (C=O) groups is 2. The topological polar surface area (TPSA) is 79.6 Å². The molecule has 0 bridgehead atoms. The molecule has 3 rings (SSSR count). The summed E-state index contributed by atoms with van der Waals surface area (Å²) < 4.78 is 31.1. The first-order valence-corrected chi connectivity index (χ1v) is 14.8. The van der Waals surface area contributed by atoms with Gasteiger partial charge in [0.05, 0.1) is 17.5 Å². The van der Waals surface area contributed by atoms with Crippen molar-refractivity contribution in [3.8, 4) is 11.1 Å². The van der Waals surface area contributed by atoms with E-state index in [0.29, 0.717) is 35.1 Å². The molecule has 0 saturated carbocycles. The maximum atomic E-state index is 15.6. The molecule has 0 saturated heterocycles. The van der Waals surface area contributed by atoms with Crippen LogP contribution in [0.3, 0.4) is 0 Å². The first-order valence-electron chi connectivity index (χ1n) is 14.5. The number of aryl methyl sites for hydroxylation is 3. The molecule has 0 aliphatic carbocycles. The molecule has 6 nitrogen and oxygen atoms in total. The molecule has 1 aromatic heterocycles. The lowest BCUT2D eigenvalue weighted by atomic mass is 9.84. The van der Waals surface area contributed by atoms with Crippen molar-refractivity contribution in [2.24, 2.45) is 5.92 Å². The fourth-order valence-corrected chi connectivity index (χ4v) is 5.91. The zero-order valence-electron chi connectivity index (χ0n) is 25.9. The fraction of sp³-hybridized carbons (Fsp3) is 0.441. The zero-order chi connectivity index (χ0) is 32.2. The number of ketones is 1.